The van der Waals surface area contributed by atoms with Crippen LogP contribution in [0.15, 0.2) is 18.2 Å². The van der Waals surface area contributed by atoms with Gasteiger partial charge in [0.2, 0.25) is 0 Å². The normalized spacial score (nSPS) is 14.9. The summed E-state index contributed by atoms with van der Waals surface area (Å²) in [6, 6.07) is 3.89. The van der Waals surface area contributed by atoms with Crippen LogP contribution in [0.1, 0.15) is 18.1 Å². The third-order valence-corrected chi connectivity index (χ3v) is 2.39. The second kappa shape index (κ2) is 5.34. The smallest absolute Gasteiger partial charge is 0.129 e. The molecule has 0 bridgehead atoms. The first-order chi connectivity index (χ1) is 7.06. The van der Waals surface area contributed by atoms with Gasteiger partial charge < -0.3 is 15.9 Å². The summed E-state index contributed by atoms with van der Waals surface area (Å²) in [6.07, 6.45) is -2.00. The van der Waals surface area contributed by atoms with Crippen LogP contribution in [0.3, 0.4) is 0 Å². The lowest BCUT2D eigenvalue weighted by Gasteiger charge is -2.18. The molecule has 1 aromatic rings. The lowest BCUT2D eigenvalue weighted by atomic mass is 10.0. The fourth-order valence-corrected chi connectivity index (χ4v) is 1.55. The highest BCUT2D eigenvalue weighted by molar-refractivity contribution is 7.80. The number of hydrogen-bond acceptors (Lipinski definition) is 4. The molecule has 2 atom stereocenters. The Balaban J connectivity index is 2.89. The first-order valence-electron chi connectivity index (χ1n) is 4.58. The maximum atomic E-state index is 13.3. The van der Waals surface area contributed by atoms with E-state index in [0.717, 1.165) is 0 Å². The number of aliphatic hydroxyl groups excluding tert-OH is 2. The Morgan fingerprint density at radius 1 is 1.40 bits per heavy atom. The number of aliphatic hydroxyl groups is 2. The highest BCUT2D eigenvalue weighted by atomic mass is 32.1. The van der Waals surface area contributed by atoms with E-state index in [9.17, 15) is 14.6 Å². The quantitative estimate of drug-likeness (QED) is 0.464. The monoisotopic (exact) mass is 231 g/mol. The van der Waals surface area contributed by atoms with Gasteiger partial charge in [-0.3, -0.25) is 0 Å². The summed E-state index contributed by atoms with van der Waals surface area (Å²) in [4.78, 5) is 0. The third-order valence-electron chi connectivity index (χ3n) is 2.13. The zero-order valence-corrected chi connectivity index (χ0v) is 8.99. The molecule has 0 aliphatic heterocycles. The minimum atomic E-state index is -1.26. The third kappa shape index (κ3) is 3.09. The summed E-state index contributed by atoms with van der Waals surface area (Å²) in [5.74, 6) is -0.155. The van der Waals surface area contributed by atoms with Crippen LogP contribution < -0.4 is 5.73 Å². The molecule has 3 nitrogen and oxygen atoms in total. The molecule has 0 aromatic heterocycles. The van der Waals surface area contributed by atoms with Crippen molar-refractivity contribution >= 4 is 18.3 Å². The number of benzene rings is 1. The van der Waals surface area contributed by atoms with Gasteiger partial charge in [0.25, 0.3) is 0 Å². The first kappa shape index (κ1) is 12.3. The standard InChI is InChI=1S/C10H14FNO2S/c11-8-2-1-6(12)5-7(8)10(14)9(13)3-4-15/h1-2,5,9-10,13-15H,3-4,12H2. The molecule has 1 rings (SSSR count). The number of nitrogen functional groups attached to an aromatic ring is 1. The van der Waals surface area contributed by atoms with Gasteiger partial charge in [-0.05, 0) is 30.4 Å². The molecule has 15 heavy (non-hydrogen) atoms. The van der Waals surface area contributed by atoms with Crippen LogP contribution in [0, 0.1) is 5.82 Å². The number of nitrogens with two attached hydrogens (primary N) is 1. The van der Waals surface area contributed by atoms with Gasteiger partial charge in [0.15, 0.2) is 0 Å². The predicted octanol–water partition coefficient (Wildman–Crippen LogP) is 1.12. The average molecular weight is 231 g/mol. The Labute approximate surface area is 93.1 Å². The summed E-state index contributed by atoms with van der Waals surface area (Å²) in [7, 11) is 0. The summed E-state index contributed by atoms with van der Waals surface area (Å²) < 4.78 is 13.3. The summed E-state index contributed by atoms with van der Waals surface area (Å²) >= 11 is 3.92. The van der Waals surface area contributed by atoms with Crippen molar-refractivity contribution in [2.24, 2.45) is 0 Å². The van der Waals surface area contributed by atoms with Gasteiger partial charge in [0.05, 0.1) is 6.10 Å². The van der Waals surface area contributed by atoms with Gasteiger partial charge in [-0.15, -0.1) is 0 Å². The van der Waals surface area contributed by atoms with Crippen molar-refractivity contribution in [3.05, 3.63) is 29.6 Å². The minimum Gasteiger partial charge on any atom is -0.399 e. The molecule has 2 unspecified atom stereocenters. The Morgan fingerprint density at radius 2 is 2.07 bits per heavy atom. The Kier molecular flexibility index (Phi) is 4.38. The largest absolute Gasteiger partial charge is 0.399 e. The highest BCUT2D eigenvalue weighted by Gasteiger charge is 2.20. The molecule has 1 aromatic carbocycles. The maximum absolute atomic E-state index is 13.3. The Bertz CT molecular complexity index is 335. The first-order valence-corrected chi connectivity index (χ1v) is 5.21. The molecule has 0 saturated carbocycles. The van der Waals surface area contributed by atoms with E-state index in [4.69, 9.17) is 5.73 Å². The lowest BCUT2D eigenvalue weighted by Crippen LogP contribution is -2.19. The molecule has 0 aliphatic carbocycles. The summed E-state index contributed by atoms with van der Waals surface area (Å²) in [5, 5.41) is 19.1. The molecule has 0 heterocycles. The van der Waals surface area contributed by atoms with E-state index in [1.807, 2.05) is 0 Å². The summed E-state index contributed by atoms with van der Waals surface area (Å²) in [6.45, 7) is 0. The van der Waals surface area contributed by atoms with Crippen molar-refractivity contribution in [1.29, 1.82) is 0 Å². The van der Waals surface area contributed by atoms with E-state index in [0.29, 0.717) is 17.9 Å². The zero-order chi connectivity index (χ0) is 11.4. The average Bonchev–Trinajstić information content (AvgIpc) is 2.21. The minimum absolute atomic E-state index is 0.0179. The SMILES string of the molecule is Nc1ccc(F)c(C(O)C(O)CCS)c1. The fourth-order valence-electron chi connectivity index (χ4n) is 1.29. The number of anilines is 1. The van der Waals surface area contributed by atoms with Crippen LogP contribution in [0.2, 0.25) is 0 Å². The van der Waals surface area contributed by atoms with E-state index in [2.05, 4.69) is 12.6 Å². The lowest BCUT2D eigenvalue weighted by molar-refractivity contribution is 0.0152. The number of halogens is 1. The van der Waals surface area contributed by atoms with Gasteiger partial charge in [-0.2, -0.15) is 12.6 Å². The molecule has 84 valence electrons. The second-order valence-corrected chi connectivity index (χ2v) is 3.75. The molecule has 0 fully saturated rings. The zero-order valence-electron chi connectivity index (χ0n) is 8.10. The van der Waals surface area contributed by atoms with Crippen LogP contribution in [0.4, 0.5) is 10.1 Å². The maximum Gasteiger partial charge on any atom is 0.129 e. The Hall–Kier alpha value is -0.780. The molecule has 0 saturated heterocycles. The molecule has 0 aliphatic rings. The van der Waals surface area contributed by atoms with Gasteiger partial charge in [-0.1, -0.05) is 0 Å². The fraction of sp³-hybridized carbons (Fsp3) is 0.400. The van der Waals surface area contributed by atoms with E-state index >= 15 is 0 Å². The van der Waals surface area contributed by atoms with E-state index in [-0.39, 0.29) is 5.56 Å². The summed E-state index contributed by atoms with van der Waals surface area (Å²) in [5.41, 5.74) is 5.83. The van der Waals surface area contributed by atoms with Crippen molar-refractivity contribution < 1.29 is 14.6 Å². The number of rotatable bonds is 4. The van der Waals surface area contributed by atoms with Crippen molar-refractivity contribution in [2.75, 3.05) is 11.5 Å². The van der Waals surface area contributed by atoms with E-state index in [1.165, 1.54) is 18.2 Å². The number of thiol groups is 1. The van der Waals surface area contributed by atoms with Crippen LogP contribution in [0.25, 0.3) is 0 Å². The highest BCUT2D eigenvalue weighted by Crippen LogP contribution is 2.24. The predicted molar refractivity (Wildman–Crippen MR) is 60.2 cm³/mol. The Morgan fingerprint density at radius 3 is 2.67 bits per heavy atom. The second-order valence-electron chi connectivity index (χ2n) is 3.31. The van der Waals surface area contributed by atoms with E-state index < -0.39 is 18.0 Å². The molecule has 0 spiro atoms. The molecule has 0 amide bonds. The van der Waals surface area contributed by atoms with Gasteiger partial charge in [0.1, 0.15) is 11.9 Å². The van der Waals surface area contributed by atoms with Crippen LogP contribution in [-0.2, 0) is 0 Å². The van der Waals surface area contributed by atoms with Crippen molar-refractivity contribution in [3.8, 4) is 0 Å². The van der Waals surface area contributed by atoms with Crippen molar-refractivity contribution in [3.63, 3.8) is 0 Å². The molecule has 0 radical (unpaired) electrons. The van der Waals surface area contributed by atoms with Crippen LogP contribution >= 0.6 is 12.6 Å². The molecule has 5 heteroatoms. The van der Waals surface area contributed by atoms with Crippen molar-refractivity contribution in [1.82, 2.24) is 0 Å². The molecular formula is C10H14FNO2S. The van der Waals surface area contributed by atoms with Gasteiger partial charge in [-0.25, -0.2) is 4.39 Å². The van der Waals surface area contributed by atoms with Crippen molar-refractivity contribution in [2.45, 2.75) is 18.6 Å². The molecular weight excluding hydrogens is 217 g/mol. The van der Waals surface area contributed by atoms with Gasteiger partial charge >= 0.3 is 0 Å². The van der Waals surface area contributed by atoms with Crippen LogP contribution in [0.5, 0.6) is 0 Å². The van der Waals surface area contributed by atoms with Gasteiger partial charge in [0, 0.05) is 11.3 Å². The topological polar surface area (TPSA) is 66.5 Å². The molecule has 4 N–H and O–H groups in total. The van der Waals surface area contributed by atoms with E-state index in [1.54, 1.807) is 0 Å². The van der Waals surface area contributed by atoms with Crippen LogP contribution in [-0.4, -0.2) is 22.1 Å². The number of hydrogen-bond donors (Lipinski definition) is 4.